The van der Waals surface area contributed by atoms with Gasteiger partial charge in [0.25, 0.3) is 5.91 Å². The predicted octanol–water partition coefficient (Wildman–Crippen LogP) is 5.63. The van der Waals surface area contributed by atoms with Crippen molar-refractivity contribution < 1.29 is 14.3 Å². The summed E-state index contributed by atoms with van der Waals surface area (Å²) in [5, 5.41) is 2.88. The molecule has 0 bridgehead atoms. The molecule has 6 nitrogen and oxygen atoms in total. The smallest absolute Gasteiger partial charge is 0.265 e. The van der Waals surface area contributed by atoms with Crippen LogP contribution in [0.25, 0.3) is 22.0 Å². The Morgan fingerprint density at radius 3 is 2.76 bits per heavy atom. The largest absolute Gasteiger partial charge is 0.494 e. The van der Waals surface area contributed by atoms with Crippen LogP contribution in [0.5, 0.6) is 11.5 Å². The van der Waals surface area contributed by atoms with E-state index in [0.29, 0.717) is 25.3 Å². The van der Waals surface area contributed by atoms with Crippen LogP contribution in [0.3, 0.4) is 0 Å². The molecule has 34 heavy (non-hydrogen) atoms. The lowest BCUT2D eigenvalue weighted by atomic mass is 10.1. The Kier molecular flexibility index (Phi) is 6.53. The minimum absolute atomic E-state index is 0.0478. The lowest BCUT2D eigenvalue weighted by Crippen LogP contribution is -2.39. The summed E-state index contributed by atoms with van der Waals surface area (Å²) in [6.07, 6.45) is 3.48. The Balaban J connectivity index is 1.29. The lowest BCUT2D eigenvalue weighted by molar-refractivity contribution is -0.121. The maximum atomic E-state index is 12.7. The maximum Gasteiger partial charge on any atom is 0.265 e. The van der Waals surface area contributed by atoms with Crippen LogP contribution >= 0.6 is 11.3 Å². The highest BCUT2D eigenvalue weighted by molar-refractivity contribution is 7.13. The average Bonchev–Trinajstić information content (AvgIpc) is 3.39. The second-order valence-electron chi connectivity index (χ2n) is 7.97. The number of ether oxygens (including phenoxy) is 2. The van der Waals surface area contributed by atoms with Gasteiger partial charge in [-0.15, -0.1) is 11.3 Å². The Morgan fingerprint density at radius 2 is 1.97 bits per heavy atom. The zero-order valence-electron chi connectivity index (χ0n) is 18.9. The molecule has 1 aliphatic rings. The highest BCUT2D eigenvalue weighted by Gasteiger charge is 2.26. The second-order valence-corrected chi connectivity index (χ2v) is 8.83. The first-order chi connectivity index (χ1) is 16.7. The van der Waals surface area contributed by atoms with E-state index in [0.717, 1.165) is 39.8 Å². The van der Waals surface area contributed by atoms with Crippen LogP contribution in [0.2, 0.25) is 0 Å². The topological polar surface area (TPSA) is 64.5 Å². The molecule has 172 valence electrons. The molecule has 2 aromatic heterocycles. The van der Waals surface area contributed by atoms with E-state index in [1.165, 1.54) is 5.56 Å². The van der Waals surface area contributed by atoms with Gasteiger partial charge < -0.3 is 14.4 Å². The van der Waals surface area contributed by atoms with Gasteiger partial charge in [0.15, 0.2) is 6.61 Å². The van der Waals surface area contributed by atoms with E-state index < -0.39 is 0 Å². The van der Waals surface area contributed by atoms with Crippen LogP contribution < -0.4 is 14.4 Å². The minimum atomic E-state index is -0.0515. The SMILES string of the molecule is CCc1ccc(OCCCN2C(=O)COc3ccc(-c4csc(-c5ccccn5)n4)cc32)cc1. The molecular weight excluding hydrogens is 446 g/mol. The van der Waals surface area contributed by atoms with Gasteiger partial charge in [-0.3, -0.25) is 9.78 Å². The summed E-state index contributed by atoms with van der Waals surface area (Å²) in [5.41, 5.74) is 4.69. The number of hydrogen-bond donors (Lipinski definition) is 0. The zero-order valence-corrected chi connectivity index (χ0v) is 19.8. The standard InChI is InChI=1S/C27H25N3O3S/c1-2-19-7-10-21(11-8-19)32-15-5-14-30-24-16-20(9-12-25(24)33-17-26(30)31)23-18-34-27(29-23)22-6-3-4-13-28-22/h3-4,6-13,16,18H,2,5,14-15,17H2,1H3. The number of amides is 1. The summed E-state index contributed by atoms with van der Waals surface area (Å²) in [4.78, 5) is 23.6. The molecule has 1 amide bonds. The number of fused-ring (bicyclic) bond motifs is 1. The Morgan fingerprint density at radius 1 is 1.09 bits per heavy atom. The summed E-state index contributed by atoms with van der Waals surface area (Å²) < 4.78 is 11.6. The number of anilines is 1. The molecule has 4 aromatic rings. The predicted molar refractivity (Wildman–Crippen MR) is 135 cm³/mol. The molecule has 0 aliphatic carbocycles. The summed E-state index contributed by atoms with van der Waals surface area (Å²) in [6, 6.07) is 19.8. The molecule has 7 heteroatoms. The van der Waals surface area contributed by atoms with Crippen molar-refractivity contribution in [3.05, 3.63) is 77.8 Å². The van der Waals surface area contributed by atoms with Crippen molar-refractivity contribution in [1.82, 2.24) is 9.97 Å². The van der Waals surface area contributed by atoms with Crippen molar-refractivity contribution in [2.24, 2.45) is 0 Å². The van der Waals surface area contributed by atoms with Crippen LogP contribution in [0.15, 0.2) is 72.2 Å². The monoisotopic (exact) mass is 471 g/mol. The molecule has 0 N–H and O–H groups in total. The van der Waals surface area contributed by atoms with Crippen molar-refractivity contribution in [3.63, 3.8) is 0 Å². The van der Waals surface area contributed by atoms with Crippen molar-refractivity contribution >= 4 is 22.9 Å². The third kappa shape index (κ3) is 4.79. The summed E-state index contributed by atoms with van der Waals surface area (Å²) in [7, 11) is 0. The fourth-order valence-electron chi connectivity index (χ4n) is 3.85. The van der Waals surface area contributed by atoms with E-state index in [1.807, 2.05) is 53.9 Å². The first kappa shape index (κ1) is 22.1. The van der Waals surface area contributed by atoms with E-state index in [4.69, 9.17) is 14.5 Å². The number of hydrogen-bond acceptors (Lipinski definition) is 6. The van der Waals surface area contributed by atoms with Gasteiger partial charge in [0.1, 0.15) is 16.5 Å². The zero-order chi connectivity index (χ0) is 23.3. The fraction of sp³-hybridized carbons (Fsp3) is 0.222. The molecule has 0 fully saturated rings. The molecular formula is C27H25N3O3S. The Bertz CT molecular complexity index is 1270. The number of benzene rings is 2. The molecule has 0 radical (unpaired) electrons. The van der Waals surface area contributed by atoms with E-state index in [9.17, 15) is 4.79 Å². The quantitative estimate of drug-likeness (QED) is 0.312. The number of carbonyl (C=O) groups is 1. The maximum absolute atomic E-state index is 12.7. The van der Waals surface area contributed by atoms with Crippen molar-refractivity contribution in [3.8, 4) is 33.5 Å². The number of rotatable bonds is 8. The number of pyridine rings is 1. The number of aromatic nitrogens is 2. The molecule has 2 aromatic carbocycles. The summed E-state index contributed by atoms with van der Waals surface area (Å²) in [6.45, 7) is 3.27. The van der Waals surface area contributed by atoms with Crippen LogP contribution in [0.1, 0.15) is 18.9 Å². The highest BCUT2D eigenvalue weighted by atomic mass is 32.1. The Labute approximate surface area is 202 Å². The average molecular weight is 472 g/mol. The fourth-order valence-corrected chi connectivity index (χ4v) is 4.66. The van der Waals surface area contributed by atoms with E-state index >= 15 is 0 Å². The summed E-state index contributed by atoms with van der Waals surface area (Å²) >= 11 is 1.55. The van der Waals surface area contributed by atoms with E-state index in [2.05, 4.69) is 24.0 Å². The molecule has 0 saturated heterocycles. The highest BCUT2D eigenvalue weighted by Crippen LogP contribution is 2.37. The summed E-state index contributed by atoms with van der Waals surface area (Å²) in [5.74, 6) is 1.50. The molecule has 0 saturated carbocycles. The number of thiazole rings is 1. The number of aryl methyl sites for hydroxylation is 1. The third-order valence-corrected chi connectivity index (χ3v) is 6.58. The second kappa shape index (κ2) is 10.1. The molecule has 0 atom stereocenters. The van der Waals surface area contributed by atoms with Gasteiger partial charge in [0.05, 0.1) is 23.7 Å². The van der Waals surface area contributed by atoms with Gasteiger partial charge in [-0.05, 0) is 60.9 Å². The first-order valence-corrected chi connectivity index (χ1v) is 12.3. The molecule has 5 rings (SSSR count). The van der Waals surface area contributed by atoms with Crippen LogP contribution in [0, 0.1) is 0 Å². The van der Waals surface area contributed by atoms with Crippen molar-refractivity contribution in [2.75, 3.05) is 24.7 Å². The van der Waals surface area contributed by atoms with Crippen LogP contribution in [-0.2, 0) is 11.2 Å². The van der Waals surface area contributed by atoms with Gasteiger partial charge in [0, 0.05) is 23.7 Å². The van der Waals surface area contributed by atoms with E-state index in [-0.39, 0.29) is 12.5 Å². The molecule has 3 heterocycles. The van der Waals surface area contributed by atoms with Gasteiger partial charge in [-0.25, -0.2) is 4.98 Å². The van der Waals surface area contributed by atoms with Crippen LogP contribution in [-0.4, -0.2) is 35.6 Å². The van der Waals surface area contributed by atoms with Crippen LogP contribution in [0.4, 0.5) is 5.69 Å². The van der Waals surface area contributed by atoms with Gasteiger partial charge in [-0.1, -0.05) is 25.1 Å². The normalized spacial score (nSPS) is 12.9. The third-order valence-electron chi connectivity index (χ3n) is 5.71. The van der Waals surface area contributed by atoms with E-state index in [1.54, 1.807) is 22.4 Å². The minimum Gasteiger partial charge on any atom is -0.494 e. The Hall–Kier alpha value is -3.71. The van der Waals surface area contributed by atoms with Gasteiger partial charge in [0.2, 0.25) is 0 Å². The first-order valence-electron chi connectivity index (χ1n) is 11.4. The lowest BCUT2D eigenvalue weighted by Gasteiger charge is -2.29. The van der Waals surface area contributed by atoms with Crippen molar-refractivity contribution in [1.29, 1.82) is 0 Å². The molecule has 1 aliphatic heterocycles. The molecule has 0 unspecified atom stereocenters. The van der Waals surface area contributed by atoms with Gasteiger partial charge in [-0.2, -0.15) is 0 Å². The van der Waals surface area contributed by atoms with Gasteiger partial charge >= 0.3 is 0 Å². The van der Waals surface area contributed by atoms with Crippen molar-refractivity contribution in [2.45, 2.75) is 19.8 Å². The number of nitrogens with zero attached hydrogens (tertiary/aromatic N) is 3. The molecule has 0 spiro atoms. The number of carbonyl (C=O) groups excluding carboxylic acids is 1.